The average Bonchev–Trinajstić information content (AvgIpc) is 0.757. The van der Waals surface area contributed by atoms with Gasteiger partial charge in [-0.1, -0.05) is 424 Å². The van der Waals surface area contributed by atoms with E-state index in [4.69, 9.17) is 121 Å². The summed E-state index contributed by atoms with van der Waals surface area (Å²) in [5, 5.41) is 42.3. The fourth-order valence-corrected chi connectivity index (χ4v) is 20.4. The van der Waals surface area contributed by atoms with Crippen LogP contribution < -0.4 is 34.7 Å². The molecule has 1 aliphatic heterocycles. The molecule has 1 saturated heterocycles. The molecule has 149 heavy (non-hydrogen) atoms. The van der Waals surface area contributed by atoms with Crippen molar-refractivity contribution in [3.8, 4) is 0 Å². The standard InChI is InChI=1S/C29H38Cl3NO17.3C18H30.C17H26O2.C17H28O.CH2Cl2.CH4O.CH3O.Na/c1-11(34)41-9-18-8-19(22(44-14(4)37)24(46-16(6)39)21(18)43-13(3)36)48-25-23(45-15(5)38)20(10-42-12(2)35)49-27(26(25)47-17(7)40)50-28(33)29(30,31)32;3*1-4-7-15-18(14-6-3,16-8-5-2)17-12-10-9-11-13-17;1-3-5-12-17(13-6-4-2,14-16(18)19)15-10-8-7-9-11-15;1-3-5-12-17(14-15-18,13-6-4-2)16-10-8-7-9-11-16;2-1-3;2*1-2;/h18-27,33H,8-10H2,1-7H3;3*9-13H,4-8,14-16H2,1-3H3;7-11H,3-6,12-14H2,1-2H3,(H,18,19);7-11,18H,3-6,12-15H2,1-2H3;1H2;2H,1H3;1H3;/q;;;;;;;;-1;+1. The Morgan fingerprint density at radius 2 is 0.591 bits per heavy atom. The Morgan fingerprint density at radius 3 is 0.846 bits per heavy atom. The summed E-state index contributed by atoms with van der Waals surface area (Å²) < 4.78 is 53.1. The monoisotopic (exact) mass is 2200 g/mol. The Balaban J connectivity index is -0.00000181. The number of hydrogen-bond acceptors (Lipinski definition) is 22. The number of aliphatic hydroxyl groups excluding tert-OH is 2. The maximum absolute atomic E-state index is 12.4. The molecule has 844 valence electrons. The van der Waals surface area contributed by atoms with Gasteiger partial charge in [0.1, 0.15) is 24.9 Å². The number of rotatable bonds is 57. The van der Waals surface area contributed by atoms with Crippen molar-refractivity contribution >= 4 is 112 Å². The number of esters is 7. The van der Waals surface area contributed by atoms with Gasteiger partial charge < -0.3 is 67.8 Å². The van der Waals surface area contributed by atoms with E-state index in [-0.39, 0.29) is 58.6 Å². The minimum absolute atomic E-state index is 0. The number of ether oxygens (including phenoxy) is 10. The number of unbranched alkanes of at least 4 members (excludes halogenated alkanes) is 10. The maximum Gasteiger partial charge on any atom is 1.00 e. The summed E-state index contributed by atoms with van der Waals surface area (Å²) in [4.78, 5) is 96.6. The topological polar surface area (TPSA) is 336 Å². The number of carbonyl (C=O) groups excluding carboxylic acids is 7. The molecule has 0 aromatic heterocycles. The third-order valence-electron chi connectivity index (χ3n) is 27.2. The Labute approximate surface area is 945 Å². The van der Waals surface area contributed by atoms with Gasteiger partial charge in [0.15, 0.2) is 24.4 Å². The number of aliphatic hydroxyl groups is 2. The number of hydrogen-bond donors (Lipinski definition) is 4. The molecule has 1 aliphatic carbocycles. The third-order valence-corrected chi connectivity index (χ3v) is 27.7. The molecular weight excluding hydrogens is 2010 g/mol. The number of benzene rings is 5. The van der Waals surface area contributed by atoms with Crippen LogP contribution in [0.2, 0.25) is 0 Å². The van der Waals surface area contributed by atoms with E-state index >= 15 is 0 Å². The van der Waals surface area contributed by atoms with Crippen LogP contribution >= 0.6 is 58.0 Å². The molecule has 1 heterocycles. The molecule has 2 fully saturated rings. The molecule has 0 bridgehead atoms. The number of carboxylic acids is 1. The van der Waals surface area contributed by atoms with Gasteiger partial charge in [0, 0.05) is 73.5 Å². The fourth-order valence-electron chi connectivity index (χ4n) is 20.2. The number of nitrogens with one attached hydrogen (secondary N) is 1. The molecule has 10 atom stereocenters. The van der Waals surface area contributed by atoms with E-state index in [0.29, 0.717) is 22.9 Å². The van der Waals surface area contributed by atoms with Gasteiger partial charge >= 0.3 is 77.3 Å². The van der Waals surface area contributed by atoms with Crippen LogP contribution in [0.25, 0.3) is 0 Å². The normalized spacial score (nSPS) is 17.2. The Kier molecular flexibility index (Phi) is 85.4. The largest absolute Gasteiger partial charge is 1.00 e. The summed E-state index contributed by atoms with van der Waals surface area (Å²) in [6, 6.07) is 54.8. The van der Waals surface area contributed by atoms with Crippen LogP contribution in [0.3, 0.4) is 0 Å². The first-order valence-corrected chi connectivity index (χ1v) is 56.9. The van der Waals surface area contributed by atoms with Crippen LogP contribution in [-0.4, -0.2) is 167 Å². The van der Waals surface area contributed by atoms with Gasteiger partial charge in [-0.3, -0.25) is 43.8 Å². The summed E-state index contributed by atoms with van der Waals surface area (Å²) in [5.41, 5.74) is 8.70. The fraction of sp³-hybridized carbons (Fsp3) is 0.675. The Morgan fingerprint density at radius 1 is 0.342 bits per heavy atom. The first-order chi connectivity index (χ1) is 70.8. The van der Waals surface area contributed by atoms with Crippen molar-refractivity contribution in [2.24, 2.45) is 5.92 Å². The molecule has 5 aromatic carbocycles. The van der Waals surface area contributed by atoms with Gasteiger partial charge in [-0.25, -0.2) is 0 Å². The molecule has 5 aromatic rings. The first-order valence-electron chi connectivity index (χ1n) is 54.6. The molecule has 0 spiro atoms. The second-order valence-corrected chi connectivity index (χ2v) is 41.8. The zero-order valence-electron chi connectivity index (χ0n) is 95.1. The molecule has 0 radical (unpaired) electrons. The van der Waals surface area contributed by atoms with E-state index in [1.807, 2.05) is 18.2 Å². The zero-order valence-corrected chi connectivity index (χ0v) is 101. The molecule has 7 rings (SSSR count). The Bertz CT molecular complexity index is 3940. The van der Waals surface area contributed by atoms with E-state index in [2.05, 4.69) is 223 Å². The van der Waals surface area contributed by atoms with Gasteiger partial charge in [-0.2, -0.15) is 7.11 Å². The molecule has 4 N–H and O–H groups in total. The van der Waals surface area contributed by atoms with Crippen molar-refractivity contribution in [1.82, 2.24) is 0 Å². The summed E-state index contributed by atoms with van der Waals surface area (Å²) in [6.45, 7) is 36.3. The molecule has 0 amide bonds. The van der Waals surface area contributed by atoms with Crippen molar-refractivity contribution in [3.05, 3.63) is 179 Å². The van der Waals surface area contributed by atoms with E-state index in [9.17, 15) is 48.6 Å². The van der Waals surface area contributed by atoms with Crippen molar-refractivity contribution in [2.45, 2.75) is 475 Å². The molecule has 1 saturated carbocycles. The van der Waals surface area contributed by atoms with Gasteiger partial charge in [0.05, 0.1) is 24.5 Å². The predicted molar refractivity (Wildman–Crippen MR) is 601 cm³/mol. The minimum atomic E-state index is -2.45. The second kappa shape index (κ2) is 86.8. The number of alkyl halides is 5. The molecule has 29 heteroatoms. The van der Waals surface area contributed by atoms with Crippen LogP contribution in [0, 0.1) is 11.3 Å². The number of aliphatic carboxylic acids is 1. The SMILES string of the molecule is CC(=O)OCC1CC(OC2C(OC(C)=O)C(COC(C)=O)OC(OC(=N)C(Cl)(Cl)Cl)C2OC(C)=O)C(OC(C)=O)C(OC(C)=O)C1OC(C)=O.CCCCC(CCC)(CCCC)c1ccccc1.CCCCC(CCC)(CCCC)c1ccccc1.CCCCC(CCC)(CCCC)c1ccccc1.CCCCC(CCCC)(CC(=O)O)c1ccccc1.CCCCC(CCO)(CCCC)c1ccccc1.CO.C[O-].ClCCl.[Na+]. The second-order valence-electron chi connectivity index (χ2n) is 38.8. The summed E-state index contributed by atoms with van der Waals surface area (Å²) >= 11 is 27.0. The quantitative estimate of drug-likeness (QED) is 0.00701. The van der Waals surface area contributed by atoms with Crippen LogP contribution in [-0.2, 0) is 113 Å². The van der Waals surface area contributed by atoms with Gasteiger partial charge in [0.25, 0.3) is 3.79 Å². The van der Waals surface area contributed by atoms with Crippen molar-refractivity contribution in [3.63, 3.8) is 0 Å². The minimum Gasteiger partial charge on any atom is -0.857 e. The number of carboxylic acid groups (broad SMARTS) is 1. The van der Waals surface area contributed by atoms with E-state index in [0.717, 1.165) is 108 Å². The van der Waals surface area contributed by atoms with E-state index in [1.54, 1.807) is 16.7 Å². The molecule has 2 aliphatic rings. The molecule has 10 unspecified atom stereocenters. The summed E-state index contributed by atoms with van der Waals surface area (Å²) in [6.07, 6.45) is 32.4. The predicted octanol–water partition coefficient (Wildman–Crippen LogP) is 26.4. The van der Waals surface area contributed by atoms with Crippen molar-refractivity contribution in [2.75, 3.05) is 39.4 Å². The van der Waals surface area contributed by atoms with Crippen LogP contribution in [0.5, 0.6) is 0 Å². The number of halogens is 5. The maximum atomic E-state index is 12.4. The van der Waals surface area contributed by atoms with Gasteiger partial charge in [0.2, 0.25) is 12.2 Å². The van der Waals surface area contributed by atoms with Crippen molar-refractivity contribution in [1.29, 1.82) is 5.41 Å². The van der Waals surface area contributed by atoms with Gasteiger partial charge in [-0.15, -0.1) is 23.2 Å². The van der Waals surface area contributed by atoms with Crippen molar-refractivity contribution < 1.29 is 136 Å². The molecular formula is C120H191Cl5NNaO22. The molecule has 23 nitrogen and oxygen atoms in total. The van der Waals surface area contributed by atoms with Crippen LogP contribution in [0.1, 0.15) is 417 Å². The summed E-state index contributed by atoms with van der Waals surface area (Å²) in [7, 11) is 1.75. The van der Waals surface area contributed by atoms with E-state index < -0.39 is 132 Å². The van der Waals surface area contributed by atoms with Gasteiger partial charge in [-0.05, 0) is 146 Å². The Hall–Kier alpha value is -6.42. The first kappa shape index (κ1) is 147. The van der Waals surface area contributed by atoms with Crippen LogP contribution in [0.4, 0.5) is 0 Å². The average molecular weight is 2200 g/mol. The van der Waals surface area contributed by atoms with E-state index in [1.165, 1.54) is 204 Å². The van der Waals surface area contributed by atoms with Crippen LogP contribution in [0.15, 0.2) is 152 Å². The smallest absolute Gasteiger partial charge is 0.857 e. The number of carbonyl (C=O) groups is 8. The zero-order chi connectivity index (χ0) is 112. The summed E-state index contributed by atoms with van der Waals surface area (Å²) in [5.74, 6) is -8.63. The third kappa shape index (κ3) is 57.7.